The molecule has 1 saturated carbocycles. The first-order valence-corrected chi connectivity index (χ1v) is 16.6. The Kier molecular flexibility index (Phi) is 10.5. The minimum atomic E-state index is -1.94. The molecule has 2 N–H and O–H groups in total. The van der Waals surface area contributed by atoms with Crippen molar-refractivity contribution in [3.05, 3.63) is 23.8 Å². The lowest BCUT2D eigenvalue weighted by Gasteiger charge is -2.52. The van der Waals surface area contributed by atoms with Crippen LogP contribution in [0.15, 0.2) is 23.8 Å². The number of fused-ring (bicyclic) bond motifs is 3. The van der Waals surface area contributed by atoms with E-state index in [1.54, 1.807) is 33.1 Å². The number of hydrogen-bond donors (Lipinski definition) is 2. The average molecular weight is 666 g/mol. The Balaban J connectivity index is 1.44. The molecule has 2 bridgehead atoms. The highest BCUT2D eigenvalue weighted by atomic mass is 35.5. The SMILES string of the molecule is CO[C@@H]1/C=C(\C)C[C@H](/C=C/C#C[C@H]2C[C@@H]2Cl)OC(=O)[C@@H](C)[C@]2(O)C[C@H](O[C@@H]3O[C@@H](C)[C@H]4NC(=O)O[C@@]4(C)[C@H]3OC)[C@@H](C)[C@@H](O2)[C@@H]1C. The summed E-state index contributed by atoms with van der Waals surface area (Å²) in [6.07, 6.45) is 1.77. The van der Waals surface area contributed by atoms with E-state index < -0.39 is 72.2 Å². The fraction of sp³-hybridized carbons (Fsp3) is 0.765. The summed E-state index contributed by atoms with van der Waals surface area (Å²) in [7, 11) is 3.14. The van der Waals surface area contributed by atoms with E-state index in [2.05, 4.69) is 17.2 Å². The quantitative estimate of drug-likeness (QED) is 0.193. The zero-order valence-electron chi connectivity index (χ0n) is 27.9. The summed E-state index contributed by atoms with van der Waals surface area (Å²) in [6, 6.07) is -0.446. The van der Waals surface area contributed by atoms with E-state index in [1.807, 2.05) is 33.8 Å². The molecule has 4 aliphatic heterocycles. The Morgan fingerprint density at radius 1 is 1.15 bits per heavy atom. The molecule has 3 saturated heterocycles. The molecule has 46 heavy (non-hydrogen) atoms. The van der Waals surface area contributed by atoms with Gasteiger partial charge in [-0.3, -0.25) is 4.79 Å². The number of alkyl carbamates (subject to hydrolysis) is 1. The smallest absolute Gasteiger partial charge is 0.408 e. The van der Waals surface area contributed by atoms with Crippen molar-refractivity contribution >= 4 is 23.7 Å². The highest BCUT2D eigenvalue weighted by Crippen LogP contribution is 2.45. The van der Waals surface area contributed by atoms with Crippen LogP contribution >= 0.6 is 11.6 Å². The molecule has 5 rings (SSSR count). The maximum absolute atomic E-state index is 13.6. The van der Waals surface area contributed by atoms with Gasteiger partial charge >= 0.3 is 12.1 Å². The number of methoxy groups -OCH3 is 2. The van der Waals surface area contributed by atoms with Gasteiger partial charge in [0, 0.05) is 50.2 Å². The molecule has 4 fully saturated rings. The first-order valence-electron chi connectivity index (χ1n) is 16.2. The predicted molar refractivity (Wildman–Crippen MR) is 167 cm³/mol. The molecule has 0 aromatic rings. The van der Waals surface area contributed by atoms with E-state index >= 15 is 0 Å². The molecule has 0 unspecified atom stereocenters. The van der Waals surface area contributed by atoms with Crippen LogP contribution < -0.4 is 5.32 Å². The number of amides is 1. The van der Waals surface area contributed by atoms with Crippen LogP contribution in [0.1, 0.15) is 60.8 Å². The standard InChI is InChI=1S/C34H48ClNO10/c1-17-13-23(12-10-9-11-22-15-24(22)35)43-30(37)20(4)34(39)16-26(19(3)27(45-34)18(2)25(14-17)40-7)44-31-29(41-8)33(6)28(21(5)42-31)36-32(38)46-33/h10,12,14,18-29,31,39H,13,15-16H2,1-8H3,(H,36,38)/b12-10+,17-14+/t18-,19-,20-,21+,22+,23+,24+,25-,26+,27+,28-,29+,31+,33-,34+/m1/s1. The summed E-state index contributed by atoms with van der Waals surface area (Å²) >= 11 is 6.06. The summed E-state index contributed by atoms with van der Waals surface area (Å²) in [5, 5.41) is 15.0. The molecule has 1 aliphatic carbocycles. The number of alkyl halides is 1. The van der Waals surface area contributed by atoms with Gasteiger partial charge in [-0.05, 0) is 46.3 Å². The third kappa shape index (κ3) is 7.00. The zero-order chi connectivity index (χ0) is 33.6. The Hall–Kier alpha value is -2.17. The lowest BCUT2D eigenvalue weighted by molar-refractivity contribution is -0.355. The van der Waals surface area contributed by atoms with Crippen molar-refractivity contribution in [2.24, 2.45) is 23.7 Å². The van der Waals surface area contributed by atoms with Crippen LogP contribution in [-0.2, 0) is 38.0 Å². The van der Waals surface area contributed by atoms with Gasteiger partial charge in [-0.15, -0.1) is 11.6 Å². The van der Waals surface area contributed by atoms with Crippen molar-refractivity contribution in [3.8, 4) is 11.8 Å². The summed E-state index contributed by atoms with van der Waals surface area (Å²) in [6.45, 7) is 11.2. The molecule has 0 aromatic heterocycles. The van der Waals surface area contributed by atoms with Gasteiger partial charge in [0.15, 0.2) is 17.7 Å². The largest absolute Gasteiger partial charge is 0.457 e. The van der Waals surface area contributed by atoms with Crippen LogP contribution in [-0.4, -0.2) is 97.1 Å². The normalized spacial score (nSPS) is 48.7. The second-order valence-corrected chi connectivity index (χ2v) is 14.3. The van der Waals surface area contributed by atoms with Gasteiger partial charge in [-0.1, -0.05) is 37.3 Å². The molecular formula is C34H48ClNO10. The Bertz CT molecular complexity index is 1280. The van der Waals surface area contributed by atoms with Crippen LogP contribution in [0.2, 0.25) is 0 Å². The minimum absolute atomic E-state index is 0.0456. The maximum Gasteiger partial charge on any atom is 0.408 e. The van der Waals surface area contributed by atoms with Gasteiger partial charge < -0.3 is 43.6 Å². The fourth-order valence-electron chi connectivity index (χ4n) is 7.24. The van der Waals surface area contributed by atoms with Gasteiger partial charge in [-0.25, -0.2) is 4.79 Å². The lowest BCUT2D eigenvalue weighted by Crippen LogP contribution is -2.67. The van der Waals surface area contributed by atoms with E-state index in [4.69, 9.17) is 44.8 Å². The third-order valence-electron chi connectivity index (χ3n) is 10.3. The van der Waals surface area contributed by atoms with Crippen molar-refractivity contribution in [1.29, 1.82) is 0 Å². The van der Waals surface area contributed by atoms with Gasteiger partial charge in [0.25, 0.3) is 0 Å². The monoisotopic (exact) mass is 665 g/mol. The molecule has 1 amide bonds. The van der Waals surface area contributed by atoms with E-state index in [1.165, 1.54) is 7.11 Å². The predicted octanol–water partition coefficient (Wildman–Crippen LogP) is 3.85. The van der Waals surface area contributed by atoms with E-state index in [0.717, 1.165) is 12.0 Å². The number of carbonyl (C=O) groups excluding carboxylic acids is 2. The Labute approximate surface area is 276 Å². The van der Waals surface area contributed by atoms with Crippen LogP contribution in [0.4, 0.5) is 4.79 Å². The van der Waals surface area contributed by atoms with Crippen LogP contribution in [0.5, 0.6) is 0 Å². The number of esters is 1. The molecule has 0 radical (unpaired) electrons. The van der Waals surface area contributed by atoms with Gasteiger partial charge in [0.1, 0.15) is 24.2 Å². The van der Waals surface area contributed by atoms with Gasteiger partial charge in [0.05, 0.1) is 24.4 Å². The first-order chi connectivity index (χ1) is 21.7. The summed E-state index contributed by atoms with van der Waals surface area (Å²) < 4.78 is 42.8. The van der Waals surface area contributed by atoms with E-state index in [0.29, 0.717) is 6.42 Å². The molecule has 0 spiro atoms. The number of aliphatic hydroxyl groups is 1. The molecule has 0 aromatic carbocycles. The van der Waals surface area contributed by atoms with Crippen molar-refractivity contribution in [1.82, 2.24) is 5.32 Å². The minimum Gasteiger partial charge on any atom is -0.457 e. The van der Waals surface area contributed by atoms with Crippen molar-refractivity contribution in [2.45, 2.75) is 127 Å². The average Bonchev–Trinajstić information content (AvgIpc) is 3.60. The second-order valence-electron chi connectivity index (χ2n) is 13.7. The summed E-state index contributed by atoms with van der Waals surface area (Å²) in [5.41, 5.74) is -0.0904. The molecular weight excluding hydrogens is 618 g/mol. The molecule has 4 heterocycles. The number of cyclic esters (lactones) is 1. The molecule has 11 nitrogen and oxygen atoms in total. The van der Waals surface area contributed by atoms with E-state index in [9.17, 15) is 14.7 Å². The van der Waals surface area contributed by atoms with Crippen LogP contribution in [0, 0.1) is 35.5 Å². The fourth-order valence-corrected chi connectivity index (χ4v) is 7.50. The molecule has 5 aliphatic rings. The zero-order valence-corrected chi connectivity index (χ0v) is 28.6. The van der Waals surface area contributed by atoms with Crippen molar-refractivity contribution in [3.63, 3.8) is 0 Å². The first kappa shape index (κ1) is 35.1. The van der Waals surface area contributed by atoms with Gasteiger partial charge in [-0.2, -0.15) is 0 Å². The molecule has 15 atom stereocenters. The van der Waals surface area contributed by atoms with Crippen molar-refractivity contribution in [2.75, 3.05) is 14.2 Å². The summed E-state index contributed by atoms with van der Waals surface area (Å²) in [5.74, 6) is 2.17. The maximum atomic E-state index is 13.6. The number of ether oxygens (including phenoxy) is 7. The van der Waals surface area contributed by atoms with E-state index in [-0.39, 0.29) is 35.7 Å². The molecule has 256 valence electrons. The second kappa shape index (κ2) is 13.7. The third-order valence-corrected chi connectivity index (χ3v) is 10.8. The Morgan fingerprint density at radius 2 is 1.87 bits per heavy atom. The van der Waals surface area contributed by atoms with Crippen molar-refractivity contribution < 1.29 is 47.9 Å². The number of carbonyl (C=O) groups is 2. The lowest BCUT2D eigenvalue weighted by atomic mass is 9.77. The van der Waals surface area contributed by atoms with Gasteiger partial charge in [0.2, 0.25) is 0 Å². The summed E-state index contributed by atoms with van der Waals surface area (Å²) in [4.78, 5) is 25.9. The highest BCUT2D eigenvalue weighted by molar-refractivity contribution is 6.22. The number of rotatable bonds is 5. The molecule has 12 heteroatoms. The highest BCUT2D eigenvalue weighted by Gasteiger charge is 2.62. The number of hydrogen-bond acceptors (Lipinski definition) is 10. The van der Waals surface area contributed by atoms with Crippen LogP contribution in [0.3, 0.4) is 0 Å². The van der Waals surface area contributed by atoms with Crippen LogP contribution in [0.25, 0.3) is 0 Å². The number of halogens is 1. The number of allylic oxidation sites excluding steroid dienone is 1. The Morgan fingerprint density at radius 3 is 2.52 bits per heavy atom. The number of nitrogens with one attached hydrogen (secondary N) is 1. The topological polar surface area (TPSA) is 131 Å².